The van der Waals surface area contributed by atoms with E-state index in [0.717, 1.165) is 67.6 Å². The molecule has 0 radical (unpaired) electrons. The van der Waals surface area contributed by atoms with E-state index in [2.05, 4.69) is 27.1 Å². The van der Waals surface area contributed by atoms with Crippen LogP contribution in [0.15, 0.2) is 10.7 Å². The Balaban J connectivity index is 1.82. The highest BCUT2D eigenvalue weighted by atomic mass is 16.3. The van der Waals surface area contributed by atoms with Crippen LogP contribution in [0.3, 0.4) is 0 Å². The van der Waals surface area contributed by atoms with Gasteiger partial charge in [0, 0.05) is 38.2 Å². The summed E-state index contributed by atoms with van der Waals surface area (Å²) in [6.45, 7) is 6.27. The van der Waals surface area contributed by atoms with Crippen molar-refractivity contribution in [2.45, 2.75) is 26.2 Å². The Kier molecular flexibility index (Phi) is 2.88. The predicted octanol–water partition coefficient (Wildman–Crippen LogP) is 1.76. The maximum Gasteiger partial charge on any atom is 0.195 e. The molecule has 1 saturated heterocycles. The van der Waals surface area contributed by atoms with E-state index >= 15 is 0 Å². The van der Waals surface area contributed by atoms with Crippen LogP contribution in [0.2, 0.25) is 0 Å². The van der Waals surface area contributed by atoms with Gasteiger partial charge >= 0.3 is 0 Å². The first-order valence-corrected chi connectivity index (χ1v) is 7.54. The minimum Gasteiger partial charge on any atom is -0.455 e. The zero-order valence-electron chi connectivity index (χ0n) is 11.9. The van der Waals surface area contributed by atoms with E-state index in [1.807, 2.05) is 0 Å². The smallest absolute Gasteiger partial charge is 0.195 e. The molecule has 1 atom stereocenters. The molecule has 2 aromatic rings. The third kappa shape index (κ3) is 1.88. The molecule has 2 aliphatic rings. The zero-order chi connectivity index (χ0) is 13.5. The standard InChI is InChI=1S/C15H20N4O/c1-10-2-3-12-11(8-10)13-14(20-12)15(18-9-17-13)19-6-4-16-5-7-19/h9-10,16H,2-8H2,1H3. The van der Waals surface area contributed by atoms with Gasteiger partial charge in [-0.25, -0.2) is 9.97 Å². The Morgan fingerprint density at radius 3 is 3.00 bits per heavy atom. The maximum absolute atomic E-state index is 6.14. The van der Waals surface area contributed by atoms with Crippen LogP contribution in [0.5, 0.6) is 0 Å². The molecule has 106 valence electrons. The van der Waals surface area contributed by atoms with E-state index in [1.165, 1.54) is 12.0 Å². The van der Waals surface area contributed by atoms with Gasteiger partial charge in [-0.15, -0.1) is 0 Å². The average molecular weight is 272 g/mol. The lowest BCUT2D eigenvalue weighted by Gasteiger charge is -2.28. The fraction of sp³-hybridized carbons (Fsp3) is 0.600. The second kappa shape index (κ2) is 4.74. The number of furan rings is 1. The first-order chi connectivity index (χ1) is 9.83. The molecule has 0 saturated carbocycles. The van der Waals surface area contributed by atoms with Crippen LogP contribution in [0.25, 0.3) is 11.1 Å². The van der Waals surface area contributed by atoms with E-state index in [-0.39, 0.29) is 0 Å². The van der Waals surface area contributed by atoms with E-state index in [4.69, 9.17) is 4.42 Å². The van der Waals surface area contributed by atoms with Gasteiger partial charge in [0.05, 0.1) is 0 Å². The molecule has 0 amide bonds. The normalized spacial score (nSPS) is 23.1. The van der Waals surface area contributed by atoms with Crippen LogP contribution in [0, 0.1) is 5.92 Å². The molecule has 0 aromatic carbocycles. The van der Waals surface area contributed by atoms with Crippen LogP contribution in [0.4, 0.5) is 5.82 Å². The highest BCUT2D eigenvalue weighted by molar-refractivity contribution is 5.87. The molecule has 0 spiro atoms. The Labute approximate surface area is 118 Å². The topological polar surface area (TPSA) is 54.2 Å². The SMILES string of the molecule is CC1CCc2oc3c(N4CCNCC4)ncnc3c2C1. The monoisotopic (exact) mass is 272 g/mol. The van der Waals surface area contributed by atoms with E-state index in [1.54, 1.807) is 6.33 Å². The van der Waals surface area contributed by atoms with Gasteiger partial charge in [0.25, 0.3) is 0 Å². The van der Waals surface area contributed by atoms with Crippen molar-refractivity contribution in [1.82, 2.24) is 15.3 Å². The van der Waals surface area contributed by atoms with Gasteiger partial charge < -0.3 is 14.6 Å². The fourth-order valence-electron chi connectivity index (χ4n) is 3.33. The number of fused-ring (bicyclic) bond motifs is 3. The summed E-state index contributed by atoms with van der Waals surface area (Å²) in [6, 6.07) is 0. The lowest BCUT2D eigenvalue weighted by molar-refractivity contribution is 0.438. The van der Waals surface area contributed by atoms with Crippen molar-refractivity contribution in [3.05, 3.63) is 17.7 Å². The summed E-state index contributed by atoms with van der Waals surface area (Å²) in [6.07, 6.45) is 5.02. The van der Waals surface area contributed by atoms with Crippen LogP contribution in [0.1, 0.15) is 24.7 Å². The number of nitrogens with zero attached hydrogens (tertiary/aromatic N) is 3. The number of anilines is 1. The summed E-state index contributed by atoms with van der Waals surface area (Å²) in [7, 11) is 0. The number of nitrogens with one attached hydrogen (secondary N) is 1. The second-order valence-electron chi connectivity index (χ2n) is 5.96. The van der Waals surface area contributed by atoms with Crippen LogP contribution < -0.4 is 10.2 Å². The summed E-state index contributed by atoms with van der Waals surface area (Å²) in [5.74, 6) is 2.83. The van der Waals surface area contributed by atoms with Crippen molar-refractivity contribution < 1.29 is 4.42 Å². The van der Waals surface area contributed by atoms with Crippen molar-refractivity contribution in [3.63, 3.8) is 0 Å². The summed E-state index contributed by atoms with van der Waals surface area (Å²) in [5, 5.41) is 3.37. The number of hydrogen-bond acceptors (Lipinski definition) is 5. The highest BCUT2D eigenvalue weighted by Gasteiger charge is 2.26. The molecule has 5 nitrogen and oxygen atoms in total. The van der Waals surface area contributed by atoms with Crippen molar-refractivity contribution >= 4 is 16.9 Å². The number of rotatable bonds is 1. The molecular formula is C15H20N4O. The van der Waals surface area contributed by atoms with Gasteiger partial charge in [-0.3, -0.25) is 0 Å². The van der Waals surface area contributed by atoms with Crippen molar-refractivity contribution in [3.8, 4) is 0 Å². The van der Waals surface area contributed by atoms with Gasteiger partial charge in [0.2, 0.25) is 0 Å². The lowest BCUT2D eigenvalue weighted by Crippen LogP contribution is -2.43. The maximum atomic E-state index is 6.14. The van der Waals surface area contributed by atoms with Gasteiger partial charge in [-0.05, 0) is 18.8 Å². The number of aryl methyl sites for hydroxylation is 1. The molecule has 4 rings (SSSR count). The third-order valence-corrected chi connectivity index (χ3v) is 4.47. The van der Waals surface area contributed by atoms with Gasteiger partial charge in [-0.1, -0.05) is 6.92 Å². The molecule has 3 heterocycles. The summed E-state index contributed by atoms with van der Waals surface area (Å²) >= 11 is 0. The van der Waals surface area contributed by atoms with Crippen LogP contribution in [-0.4, -0.2) is 36.1 Å². The number of hydrogen-bond donors (Lipinski definition) is 1. The number of piperazine rings is 1. The molecule has 1 unspecified atom stereocenters. The lowest BCUT2D eigenvalue weighted by atomic mass is 9.89. The average Bonchev–Trinajstić information content (AvgIpc) is 2.86. The predicted molar refractivity (Wildman–Crippen MR) is 78.1 cm³/mol. The van der Waals surface area contributed by atoms with E-state index in [0.29, 0.717) is 0 Å². The highest BCUT2D eigenvalue weighted by Crippen LogP contribution is 2.36. The second-order valence-corrected chi connectivity index (χ2v) is 5.96. The van der Waals surface area contributed by atoms with Gasteiger partial charge in [-0.2, -0.15) is 0 Å². The Hall–Kier alpha value is -1.62. The van der Waals surface area contributed by atoms with E-state index in [9.17, 15) is 0 Å². The van der Waals surface area contributed by atoms with Crippen molar-refractivity contribution in [2.75, 3.05) is 31.1 Å². The molecule has 1 N–H and O–H groups in total. The molecule has 1 aliphatic heterocycles. The third-order valence-electron chi connectivity index (χ3n) is 4.47. The molecule has 20 heavy (non-hydrogen) atoms. The fourth-order valence-corrected chi connectivity index (χ4v) is 3.33. The summed E-state index contributed by atoms with van der Waals surface area (Å²) in [5.41, 5.74) is 3.25. The largest absolute Gasteiger partial charge is 0.455 e. The van der Waals surface area contributed by atoms with Crippen LogP contribution in [-0.2, 0) is 12.8 Å². The minimum absolute atomic E-state index is 0.723. The van der Waals surface area contributed by atoms with Crippen molar-refractivity contribution in [1.29, 1.82) is 0 Å². The van der Waals surface area contributed by atoms with Crippen LogP contribution >= 0.6 is 0 Å². The minimum atomic E-state index is 0.723. The molecule has 2 aromatic heterocycles. The Bertz CT molecular complexity index is 630. The molecular weight excluding hydrogens is 252 g/mol. The zero-order valence-corrected chi connectivity index (χ0v) is 11.9. The first kappa shape index (κ1) is 12.1. The molecule has 0 bridgehead atoms. The summed E-state index contributed by atoms with van der Waals surface area (Å²) < 4.78 is 6.14. The summed E-state index contributed by atoms with van der Waals surface area (Å²) in [4.78, 5) is 11.3. The van der Waals surface area contributed by atoms with Crippen molar-refractivity contribution in [2.24, 2.45) is 5.92 Å². The molecule has 1 fully saturated rings. The Morgan fingerprint density at radius 2 is 2.15 bits per heavy atom. The molecule has 1 aliphatic carbocycles. The van der Waals surface area contributed by atoms with Gasteiger partial charge in [0.1, 0.15) is 17.6 Å². The number of aromatic nitrogens is 2. The first-order valence-electron chi connectivity index (χ1n) is 7.54. The van der Waals surface area contributed by atoms with E-state index < -0.39 is 0 Å². The molecule has 5 heteroatoms. The van der Waals surface area contributed by atoms with Gasteiger partial charge in [0.15, 0.2) is 11.4 Å². The Morgan fingerprint density at radius 1 is 1.30 bits per heavy atom. The quantitative estimate of drug-likeness (QED) is 0.857.